The molecule has 1 atom stereocenters. The summed E-state index contributed by atoms with van der Waals surface area (Å²) < 4.78 is 45.5. The van der Waals surface area contributed by atoms with Crippen LogP contribution in [0.15, 0.2) is 283 Å². The lowest BCUT2D eigenvalue weighted by Crippen LogP contribution is -2.40. The zero-order chi connectivity index (χ0) is 103. The molecule has 1 unspecified atom stereocenters. The zero-order valence-electron chi connectivity index (χ0n) is 81.6. The molecule has 0 aliphatic carbocycles. The van der Waals surface area contributed by atoms with Crippen molar-refractivity contribution >= 4 is 76.2 Å². The molecule has 0 spiro atoms. The largest absolute Gasteiger partial charge is 0.519 e. The molecule has 0 bridgehead atoms. The van der Waals surface area contributed by atoms with Gasteiger partial charge in [-0.15, -0.1) is 71.4 Å². The smallest absolute Gasteiger partial charge is 0.445 e. The van der Waals surface area contributed by atoms with E-state index in [1.165, 1.54) is 0 Å². The van der Waals surface area contributed by atoms with Crippen LogP contribution in [0.4, 0.5) is 58.9 Å². The molecule has 15 rings (SSSR count). The van der Waals surface area contributed by atoms with Crippen LogP contribution in [0.3, 0.4) is 0 Å². The number of rotatable bonds is 25. The highest BCUT2D eigenvalue weighted by atomic mass is 32.2. The van der Waals surface area contributed by atoms with E-state index in [1.807, 2.05) is 317 Å². The Hall–Kier alpha value is -17.6. The van der Waals surface area contributed by atoms with Gasteiger partial charge >= 0.3 is 42.4 Å². The van der Waals surface area contributed by atoms with E-state index in [1.54, 1.807) is 71.6 Å². The number of alkyl carbamates (subject to hydrolysis) is 5. The number of carbonyl (C=O) groups is 5. The van der Waals surface area contributed by atoms with Crippen molar-refractivity contribution in [1.82, 2.24) is 133 Å². The molecular weight excluding hydrogens is 1850 g/mol. The number of amides is 5. The first-order chi connectivity index (χ1) is 68.3. The van der Waals surface area contributed by atoms with Crippen molar-refractivity contribution < 1.29 is 56.6 Å². The Balaban J connectivity index is 0.000000171. The molecule has 0 aliphatic rings. The van der Waals surface area contributed by atoms with E-state index in [0.29, 0.717) is 72.9 Å². The number of anilines is 4. The summed E-state index contributed by atoms with van der Waals surface area (Å²) in [6.45, 7) is 28.2. The summed E-state index contributed by atoms with van der Waals surface area (Å²) in [4.78, 5) is 74.4. The number of ether oxygens (including phenoxy) is 6. The molecule has 143 heavy (non-hydrogen) atoms. The molecule has 5 aromatic heterocycles. The fraction of sp³-hybridized carbons (Fsp3) is 0.257. The normalized spacial score (nSPS) is 11.2. The van der Waals surface area contributed by atoms with Crippen LogP contribution in [0.25, 0.3) is 56.9 Å². The molecular formula is C101H109N28O13S+. The number of hydrogen-bond acceptors (Lipinski definition) is 35. The van der Waals surface area contributed by atoms with Crippen molar-refractivity contribution in [2.45, 2.75) is 175 Å². The summed E-state index contributed by atoms with van der Waals surface area (Å²) in [5, 5.41) is 97.6. The molecule has 15 aromatic rings. The van der Waals surface area contributed by atoms with Crippen molar-refractivity contribution in [2.24, 2.45) is 0 Å². The number of hydrogen-bond donors (Lipinski definition) is 6. The molecule has 0 aliphatic heterocycles. The van der Waals surface area contributed by atoms with Gasteiger partial charge in [0.1, 0.15) is 49.6 Å². The van der Waals surface area contributed by atoms with Crippen molar-refractivity contribution in [3.8, 4) is 68.7 Å². The molecule has 0 saturated heterocycles. The van der Waals surface area contributed by atoms with Crippen LogP contribution in [-0.2, 0) is 67.5 Å². The maximum atomic E-state index is 12.9. The molecule has 42 heteroatoms. The van der Waals surface area contributed by atoms with Gasteiger partial charge in [-0.05, 0) is 144 Å². The Kier molecular flexibility index (Phi) is 37.5. The molecule has 10 aromatic carbocycles. The Bertz CT molecular complexity index is 6360. The minimum atomic E-state index is -1.72. The Labute approximate surface area is 827 Å². The SMILES string of the molecule is CC(C)(C)NC(=O)OCc1ccccc1Nc1nnc(-c2ccccc2)nn1.CC(C)(C)NC(=O)OCc1ccccc1Oc1nnc(-c2ccccc2)nn1.CC(C)(C)NC(=O)OCc1ccccc1S(=O)c1nnc(-c2ccccc2)nn1.CC(C)(C)NC(=O)OCc1ccccc1[N+](=O)c1nnc(-c2ccccc2)nn1.CN(c1nnc(-c2ccccc2)nn1)c1ccccc1COC(=O)NC(C)(C)C. The molecule has 41 nitrogen and oxygen atoms in total. The summed E-state index contributed by atoms with van der Waals surface area (Å²) in [5.41, 5.74) is 7.18. The molecule has 5 heterocycles. The standard InChI is InChI=1S/C21H24N6O2.C20H20N6O3.C20H22N6O2.C20H21N5O3S.C20H21N5O3/c1-21(2,3)22-20(28)29-14-16-12-8-9-13-17(16)27(4)19-25-23-18(24-26-19)15-10-6-5-7-11-15;1-20(2,3)21-19(27)29-13-15-11-7-8-12-16(15)26(28)18-24-22-17(23-25-18)14-9-5-4-6-10-14;1-20(2,3)22-19(27)28-13-15-11-7-8-12-16(15)21-18-25-23-17(24-26-18)14-9-5-4-6-10-14;1-20(2,3)21-19(26)28-13-15-11-7-8-12-16(15)29(27)18-24-22-17(23-25-18)14-9-5-4-6-10-14;1-20(2,3)21-19(26)27-13-15-11-7-8-12-16(15)28-18-24-22-17(23-25-18)14-9-5-4-6-10-14/h5-13H,14H2,1-4H3,(H,22,28);4-12H,13H2,1-3H3;4-12H,13H2,1-3H3,(H,22,27)(H,21,25,26);4-12H,13H2,1-3H3,(H,21,26);4-12H,13H2,1-3H3,(H,21,26)/p+1. The molecule has 736 valence electrons. The second kappa shape index (κ2) is 50.6. The van der Waals surface area contributed by atoms with E-state index >= 15 is 0 Å². The lowest BCUT2D eigenvalue weighted by molar-refractivity contribution is 0.129. The van der Waals surface area contributed by atoms with Gasteiger partial charge in [-0.1, -0.05) is 258 Å². The summed E-state index contributed by atoms with van der Waals surface area (Å²) in [6, 6.07) is 82.7. The van der Waals surface area contributed by atoms with Gasteiger partial charge in [-0.25, -0.2) is 28.2 Å². The van der Waals surface area contributed by atoms with Gasteiger partial charge in [0.05, 0.1) is 20.8 Å². The van der Waals surface area contributed by atoms with Gasteiger partial charge < -0.3 is 65.2 Å². The van der Waals surface area contributed by atoms with Crippen molar-refractivity contribution in [3.05, 3.63) is 306 Å². The van der Waals surface area contributed by atoms with E-state index in [9.17, 15) is 33.1 Å². The predicted molar refractivity (Wildman–Crippen MR) is 534 cm³/mol. The van der Waals surface area contributed by atoms with Crippen LogP contribution < -0.4 is 46.3 Å². The summed E-state index contributed by atoms with van der Waals surface area (Å²) >= 11 is 0. The number of nitrogens with one attached hydrogen (secondary N) is 6. The predicted octanol–water partition coefficient (Wildman–Crippen LogP) is 17.9. The summed E-state index contributed by atoms with van der Waals surface area (Å²) in [5.74, 6) is 2.82. The number of aromatic nitrogens is 20. The quantitative estimate of drug-likeness (QED) is 0.0229. The topological polar surface area (TPSA) is 511 Å². The third-order valence-electron chi connectivity index (χ3n) is 18.5. The van der Waals surface area contributed by atoms with Gasteiger partial charge in [-0.2, -0.15) is 0 Å². The lowest BCUT2D eigenvalue weighted by atomic mass is 10.1. The van der Waals surface area contributed by atoms with Crippen LogP contribution in [0.2, 0.25) is 0 Å². The van der Waals surface area contributed by atoms with Gasteiger partial charge in [0.15, 0.2) is 5.69 Å². The number of benzene rings is 10. The van der Waals surface area contributed by atoms with Crippen molar-refractivity contribution in [3.63, 3.8) is 0 Å². The summed E-state index contributed by atoms with van der Waals surface area (Å²) in [6.07, 6.45) is -2.58. The average Bonchev–Trinajstić information content (AvgIpc) is 0.823. The van der Waals surface area contributed by atoms with Crippen LogP contribution in [0, 0.1) is 4.91 Å². The van der Waals surface area contributed by atoms with Gasteiger partial charge in [-0.3, -0.25) is 0 Å². The second-order valence-corrected chi connectivity index (χ2v) is 37.5. The van der Waals surface area contributed by atoms with E-state index in [0.717, 1.165) is 44.6 Å². The molecule has 0 saturated carbocycles. The Morgan fingerprint density at radius 2 is 0.601 bits per heavy atom. The molecule has 0 fully saturated rings. The molecule has 5 amide bonds. The number of nitrogens with zero attached hydrogens (tertiary/aromatic N) is 22. The van der Waals surface area contributed by atoms with E-state index < -0.39 is 52.3 Å². The minimum Gasteiger partial charge on any atom is -0.445 e. The monoisotopic (exact) mass is 1950 g/mol. The minimum absolute atomic E-state index is 0.00581. The van der Waals surface area contributed by atoms with Crippen LogP contribution in [0.1, 0.15) is 132 Å². The van der Waals surface area contributed by atoms with Crippen LogP contribution >= 0.6 is 0 Å². The van der Waals surface area contributed by atoms with Crippen molar-refractivity contribution in [2.75, 3.05) is 17.3 Å². The fourth-order valence-corrected chi connectivity index (χ4v) is 13.1. The highest BCUT2D eigenvalue weighted by molar-refractivity contribution is 7.85. The maximum Gasteiger partial charge on any atom is 0.519 e. The first-order valence-corrected chi connectivity index (χ1v) is 45.8. The lowest BCUT2D eigenvalue weighted by Gasteiger charge is -2.22. The maximum absolute atomic E-state index is 12.9. The van der Waals surface area contributed by atoms with E-state index in [2.05, 4.69) is 134 Å². The first-order valence-electron chi connectivity index (χ1n) is 44.7. The zero-order valence-corrected chi connectivity index (χ0v) is 82.4. The second-order valence-electron chi connectivity index (χ2n) is 36.2. The Morgan fingerprint density at radius 3 is 1.01 bits per heavy atom. The van der Waals surface area contributed by atoms with Crippen LogP contribution in [-0.4, -0.2) is 171 Å². The van der Waals surface area contributed by atoms with Gasteiger partial charge in [0, 0.05) is 101 Å². The summed E-state index contributed by atoms with van der Waals surface area (Å²) in [7, 11) is 0.0987. The van der Waals surface area contributed by atoms with Crippen LogP contribution in [0.5, 0.6) is 11.8 Å². The Morgan fingerprint density at radius 1 is 0.308 bits per heavy atom. The highest BCUT2D eigenvalue weighted by Crippen LogP contribution is 2.30. The highest BCUT2D eigenvalue weighted by Gasteiger charge is 2.28. The third kappa shape index (κ3) is 35.4. The van der Waals surface area contributed by atoms with Gasteiger partial charge in [0.2, 0.25) is 29.1 Å². The molecule has 6 N–H and O–H groups in total. The number of nitroso groups, excluding NO2 is 1. The molecule has 0 radical (unpaired) electrons. The number of para-hydroxylation sites is 4. The third-order valence-corrected chi connectivity index (χ3v) is 19.8. The first kappa shape index (κ1) is 106. The van der Waals surface area contributed by atoms with Crippen molar-refractivity contribution in [1.29, 1.82) is 0 Å². The average molecular weight is 1960 g/mol. The fourth-order valence-electron chi connectivity index (χ4n) is 12.1. The van der Waals surface area contributed by atoms with Gasteiger partial charge in [0.25, 0.3) is 17.1 Å². The van der Waals surface area contributed by atoms with E-state index in [4.69, 9.17) is 28.4 Å². The number of carbonyl (C=O) groups excluding carboxylic acids is 5. The van der Waals surface area contributed by atoms with E-state index in [-0.39, 0.29) is 78.4 Å².